The molecule has 0 spiro atoms. The number of carbonyl (C=O) groups excluding carboxylic acids is 1. The van der Waals surface area contributed by atoms with Crippen molar-refractivity contribution < 1.29 is 4.79 Å². The van der Waals surface area contributed by atoms with E-state index in [2.05, 4.69) is 24.5 Å². The van der Waals surface area contributed by atoms with E-state index >= 15 is 0 Å². The minimum absolute atomic E-state index is 0.464. The largest absolute Gasteiger partial charge is 0.329 e. The van der Waals surface area contributed by atoms with E-state index in [0.29, 0.717) is 11.2 Å². The summed E-state index contributed by atoms with van der Waals surface area (Å²) in [5.41, 5.74) is 2.80. The molecule has 1 aliphatic heterocycles. The number of aldehydes is 1. The van der Waals surface area contributed by atoms with Crippen LogP contribution in [0.1, 0.15) is 67.0 Å². The second kappa shape index (κ2) is 7.27. The lowest BCUT2D eigenvalue weighted by Gasteiger charge is -2.28. The van der Waals surface area contributed by atoms with Crippen LogP contribution in [0.4, 0.5) is 0 Å². The van der Waals surface area contributed by atoms with E-state index in [0.717, 1.165) is 38.0 Å². The van der Waals surface area contributed by atoms with Crippen LogP contribution >= 0.6 is 8.86 Å². The number of hydrogen-bond acceptors (Lipinski definition) is 3. The third kappa shape index (κ3) is 3.59. The summed E-state index contributed by atoms with van der Waals surface area (Å²) >= 11 is 0. The summed E-state index contributed by atoms with van der Waals surface area (Å²) in [6.45, 7) is 3.12. The molecule has 23 heavy (non-hydrogen) atoms. The molecule has 2 heterocycles. The molecule has 4 nitrogen and oxygen atoms in total. The van der Waals surface area contributed by atoms with Gasteiger partial charge in [0.1, 0.15) is 0 Å². The standard InChI is InChI=1S/C18H28N3OP/c1-20-16-6-11-21(12-15(16)19-17(20)13-22)10-5-4-9-18(14-23)7-2-3-8-18/h13-14,23H,2-12H2,1H3. The van der Waals surface area contributed by atoms with Crippen LogP contribution in [0.5, 0.6) is 0 Å². The molecule has 1 saturated carbocycles. The van der Waals surface area contributed by atoms with Gasteiger partial charge in [-0.15, -0.1) is 8.86 Å². The molecule has 1 aromatic rings. The third-order valence-electron chi connectivity index (χ3n) is 5.78. The minimum Gasteiger partial charge on any atom is -0.329 e. The van der Waals surface area contributed by atoms with Gasteiger partial charge in [-0.1, -0.05) is 25.1 Å². The van der Waals surface area contributed by atoms with Crippen LogP contribution in [0, 0.1) is 5.41 Å². The lowest BCUT2D eigenvalue weighted by molar-refractivity contribution is 0.111. The van der Waals surface area contributed by atoms with Gasteiger partial charge in [0, 0.05) is 32.3 Å². The summed E-state index contributed by atoms with van der Waals surface area (Å²) in [5.74, 6) is 2.84. The lowest BCUT2D eigenvalue weighted by atomic mass is 9.83. The van der Waals surface area contributed by atoms with Gasteiger partial charge in [0.05, 0.1) is 5.69 Å². The number of fused-ring (bicyclic) bond motifs is 1. The highest BCUT2D eigenvalue weighted by Gasteiger charge is 2.30. The van der Waals surface area contributed by atoms with Crippen LogP contribution < -0.4 is 0 Å². The Labute approximate surface area is 141 Å². The summed E-state index contributed by atoms with van der Waals surface area (Å²) in [7, 11) is 5.62. The molecule has 0 atom stereocenters. The van der Waals surface area contributed by atoms with Gasteiger partial charge >= 0.3 is 0 Å². The molecule has 0 bridgehead atoms. The van der Waals surface area contributed by atoms with Crippen molar-refractivity contribution in [2.45, 2.75) is 57.9 Å². The minimum atomic E-state index is 0.464. The van der Waals surface area contributed by atoms with Crippen LogP contribution in [0.25, 0.3) is 0 Å². The van der Waals surface area contributed by atoms with Gasteiger partial charge in [-0.05, 0) is 37.6 Å². The Balaban J connectivity index is 1.46. The van der Waals surface area contributed by atoms with Crippen LogP contribution in [0.2, 0.25) is 0 Å². The quantitative estimate of drug-likeness (QED) is 0.437. The molecular formula is C18H28N3OP. The number of unbranched alkanes of at least 4 members (excludes halogenated alkanes) is 1. The van der Waals surface area contributed by atoms with E-state index in [1.54, 1.807) is 0 Å². The highest BCUT2D eigenvalue weighted by Crippen LogP contribution is 2.41. The summed E-state index contributed by atoms with van der Waals surface area (Å²) in [4.78, 5) is 18.0. The van der Waals surface area contributed by atoms with Crippen LogP contribution in [0.3, 0.4) is 0 Å². The Kier molecular flexibility index (Phi) is 5.33. The Bertz CT molecular complexity index is 575. The molecule has 1 aliphatic carbocycles. The molecule has 0 aromatic carbocycles. The van der Waals surface area contributed by atoms with E-state index < -0.39 is 0 Å². The van der Waals surface area contributed by atoms with Crippen molar-refractivity contribution in [1.82, 2.24) is 14.5 Å². The number of aromatic nitrogens is 2. The number of nitrogens with zero attached hydrogens (tertiary/aromatic N) is 3. The molecule has 3 rings (SSSR count). The Morgan fingerprint density at radius 1 is 1.30 bits per heavy atom. The third-order valence-corrected chi connectivity index (χ3v) is 6.39. The van der Waals surface area contributed by atoms with Crippen molar-refractivity contribution in [2.75, 3.05) is 13.1 Å². The monoisotopic (exact) mass is 333 g/mol. The summed E-state index contributed by atoms with van der Waals surface area (Å²) in [5, 5.41) is 0. The molecule has 0 unspecified atom stereocenters. The Morgan fingerprint density at radius 2 is 2.09 bits per heavy atom. The van der Waals surface area contributed by atoms with Crippen molar-refractivity contribution in [2.24, 2.45) is 12.5 Å². The van der Waals surface area contributed by atoms with E-state index in [1.807, 2.05) is 11.6 Å². The molecule has 0 saturated heterocycles. The zero-order valence-electron chi connectivity index (χ0n) is 14.2. The van der Waals surface area contributed by atoms with Gasteiger partial charge in [0.25, 0.3) is 0 Å². The van der Waals surface area contributed by atoms with Gasteiger partial charge in [0.2, 0.25) is 0 Å². The van der Waals surface area contributed by atoms with Crippen molar-refractivity contribution in [1.29, 1.82) is 0 Å². The first-order chi connectivity index (χ1) is 11.2. The zero-order chi connectivity index (χ0) is 16.3. The summed E-state index contributed by atoms with van der Waals surface area (Å²) in [6.07, 6.45) is 11.2. The maximum atomic E-state index is 11.0. The van der Waals surface area contributed by atoms with Gasteiger partial charge in [-0.25, -0.2) is 4.98 Å². The van der Waals surface area contributed by atoms with Crippen LogP contribution in [-0.2, 0) is 20.0 Å². The molecule has 2 aliphatic rings. The first-order valence-electron chi connectivity index (χ1n) is 8.91. The molecule has 5 heteroatoms. The average molecular weight is 333 g/mol. The van der Waals surface area contributed by atoms with E-state index in [4.69, 9.17) is 0 Å². The smallest absolute Gasteiger partial charge is 0.185 e. The normalized spacial score (nSPS) is 20.4. The van der Waals surface area contributed by atoms with Crippen molar-refractivity contribution in [3.8, 4) is 0 Å². The molecule has 1 aromatic heterocycles. The molecule has 1 fully saturated rings. The Hall–Kier alpha value is -0.990. The highest BCUT2D eigenvalue weighted by atomic mass is 31.0. The van der Waals surface area contributed by atoms with Crippen LogP contribution in [-0.4, -0.2) is 39.6 Å². The van der Waals surface area contributed by atoms with Crippen molar-refractivity contribution in [3.05, 3.63) is 17.2 Å². The lowest BCUT2D eigenvalue weighted by Crippen LogP contribution is -2.32. The molecular weight excluding hydrogens is 305 g/mol. The predicted octanol–water partition coefficient (Wildman–Crippen LogP) is 3.27. The maximum Gasteiger partial charge on any atom is 0.185 e. The molecule has 0 radical (unpaired) electrons. The van der Waals surface area contributed by atoms with Crippen molar-refractivity contribution >= 4 is 20.9 Å². The predicted molar refractivity (Wildman–Crippen MR) is 96.7 cm³/mol. The van der Waals surface area contributed by atoms with Crippen molar-refractivity contribution in [3.63, 3.8) is 0 Å². The first kappa shape index (κ1) is 16.9. The number of imidazole rings is 1. The summed E-state index contributed by atoms with van der Waals surface area (Å²) < 4.78 is 1.95. The number of rotatable bonds is 7. The molecule has 0 amide bonds. The number of carbonyl (C=O) groups is 1. The van der Waals surface area contributed by atoms with Gasteiger partial charge in [-0.3, -0.25) is 9.69 Å². The first-order valence-corrected chi connectivity index (χ1v) is 9.49. The van der Waals surface area contributed by atoms with Gasteiger partial charge < -0.3 is 4.57 Å². The van der Waals surface area contributed by atoms with E-state index in [-0.39, 0.29) is 0 Å². The van der Waals surface area contributed by atoms with E-state index in [1.165, 1.54) is 50.6 Å². The zero-order valence-corrected chi connectivity index (χ0v) is 15.2. The Morgan fingerprint density at radius 3 is 2.78 bits per heavy atom. The second-order valence-corrected chi connectivity index (χ2v) is 7.53. The number of hydrogen-bond donors (Lipinski definition) is 0. The molecule has 126 valence electrons. The SMILES string of the molecule is Cn1c(C=O)nc2c1CCN(CCCCC1(C=P)CCCC1)C2. The highest BCUT2D eigenvalue weighted by molar-refractivity contribution is 7.18. The fourth-order valence-electron chi connectivity index (χ4n) is 4.26. The van der Waals surface area contributed by atoms with Crippen LogP contribution in [0.15, 0.2) is 0 Å². The average Bonchev–Trinajstić information content (AvgIpc) is 3.17. The fourth-order valence-corrected chi connectivity index (χ4v) is 4.69. The molecule has 0 N–H and O–H groups in total. The van der Waals surface area contributed by atoms with Gasteiger partial charge in [-0.2, -0.15) is 0 Å². The topological polar surface area (TPSA) is 38.1 Å². The van der Waals surface area contributed by atoms with Gasteiger partial charge in [0.15, 0.2) is 12.1 Å². The van der Waals surface area contributed by atoms with E-state index in [9.17, 15) is 4.79 Å². The second-order valence-electron chi connectivity index (χ2n) is 7.24. The summed E-state index contributed by atoms with van der Waals surface area (Å²) in [6, 6.07) is 0. The fraction of sp³-hybridized carbons (Fsp3) is 0.722. The maximum absolute atomic E-state index is 11.0.